The number of H-pyrrole nitrogens is 1. The highest BCUT2D eigenvalue weighted by Crippen LogP contribution is 2.05. The Morgan fingerprint density at radius 3 is 3.10 bits per heavy atom. The molecule has 0 saturated heterocycles. The molecule has 0 atom stereocenters. The van der Waals surface area contributed by atoms with Crippen molar-refractivity contribution in [2.24, 2.45) is 0 Å². The molecule has 10 heavy (non-hydrogen) atoms. The summed E-state index contributed by atoms with van der Waals surface area (Å²) in [6, 6.07) is 1.86. The first-order valence-corrected chi connectivity index (χ1v) is 3.09. The minimum atomic E-state index is 0.630. The molecule has 0 aliphatic rings. The first-order valence-electron chi connectivity index (χ1n) is 3.09. The fourth-order valence-corrected chi connectivity index (χ4v) is 0.726. The smallest absolute Gasteiger partial charge is 0.232 e. The van der Waals surface area contributed by atoms with Gasteiger partial charge in [0.2, 0.25) is 5.88 Å². The fraction of sp³-hybridized carbons (Fsp3) is 0.500. The molecule has 0 bridgehead atoms. The van der Waals surface area contributed by atoms with E-state index in [4.69, 9.17) is 4.74 Å². The third kappa shape index (κ3) is 1.48. The van der Waals surface area contributed by atoms with Crippen molar-refractivity contribution in [3.63, 3.8) is 0 Å². The molecule has 0 saturated carbocycles. The van der Waals surface area contributed by atoms with Crippen molar-refractivity contribution in [1.82, 2.24) is 15.5 Å². The summed E-state index contributed by atoms with van der Waals surface area (Å²) in [6.45, 7) is 0.788. The maximum atomic E-state index is 4.87. The van der Waals surface area contributed by atoms with Crippen LogP contribution in [0.15, 0.2) is 6.07 Å². The van der Waals surface area contributed by atoms with E-state index in [9.17, 15) is 0 Å². The van der Waals surface area contributed by atoms with Gasteiger partial charge in [-0.15, -0.1) is 5.10 Å². The van der Waals surface area contributed by atoms with Gasteiger partial charge in [0, 0.05) is 12.6 Å². The van der Waals surface area contributed by atoms with Gasteiger partial charge in [-0.1, -0.05) is 0 Å². The SMILES string of the molecule is CNCc1cc(OC)n[nH]1. The second kappa shape index (κ2) is 3.22. The van der Waals surface area contributed by atoms with Crippen molar-refractivity contribution in [2.45, 2.75) is 6.54 Å². The number of methoxy groups -OCH3 is 1. The van der Waals surface area contributed by atoms with Gasteiger partial charge in [0.05, 0.1) is 12.8 Å². The van der Waals surface area contributed by atoms with Crippen LogP contribution in [0.4, 0.5) is 0 Å². The predicted molar refractivity (Wildman–Crippen MR) is 37.9 cm³/mol. The van der Waals surface area contributed by atoms with E-state index in [0.29, 0.717) is 5.88 Å². The van der Waals surface area contributed by atoms with Gasteiger partial charge >= 0.3 is 0 Å². The van der Waals surface area contributed by atoms with Gasteiger partial charge in [-0.3, -0.25) is 5.10 Å². The Kier molecular flexibility index (Phi) is 2.28. The zero-order valence-electron chi connectivity index (χ0n) is 6.14. The summed E-state index contributed by atoms with van der Waals surface area (Å²) in [4.78, 5) is 0. The van der Waals surface area contributed by atoms with Crippen molar-refractivity contribution in [3.05, 3.63) is 11.8 Å². The number of hydrogen-bond donors (Lipinski definition) is 2. The lowest BCUT2D eigenvalue weighted by molar-refractivity contribution is 0.397. The Balaban J connectivity index is 2.59. The minimum absolute atomic E-state index is 0.630. The third-order valence-electron chi connectivity index (χ3n) is 1.18. The minimum Gasteiger partial charge on any atom is -0.480 e. The molecule has 56 valence electrons. The molecular weight excluding hydrogens is 130 g/mol. The monoisotopic (exact) mass is 141 g/mol. The Labute approximate surface area is 59.6 Å². The number of nitrogens with one attached hydrogen (secondary N) is 2. The predicted octanol–water partition coefficient (Wildman–Crippen LogP) is 0.138. The molecule has 0 spiro atoms. The van der Waals surface area contributed by atoms with Crippen molar-refractivity contribution in [1.29, 1.82) is 0 Å². The van der Waals surface area contributed by atoms with E-state index >= 15 is 0 Å². The molecule has 0 aromatic carbocycles. The molecular formula is C6H11N3O. The summed E-state index contributed by atoms with van der Waals surface area (Å²) < 4.78 is 4.87. The summed E-state index contributed by atoms with van der Waals surface area (Å²) in [5, 5.41) is 9.68. The largest absolute Gasteiger partial charge is 0.480 e. The first-order chi connectivity index (χ1) is 4.86. The van der Waals surface area contributed by atoms with Crippen LogP contribution in [-0.2, 0) is 6.54 Å². The van der Waals surface area contributed by atoms with E-state index in [1.165, 1.54) is 0 Å². The van der Waals surface area contributed by atoms with Gasteiger partial charge in [0.25, 0.3) is 0 Å². The number of rotatable bonds is 3. The van der Waals surface area contributed by atoms with Gasteiger partial charge in [0.15, 0.2) is 0 Å². The molecule has 1 aromatic rings. The maximum absolute atomic E-state index is 4.87. The molecule has 0 radical (unpaired) electrons. The van der Waals surface area contributed by atoms with E-state index in [1.54, 1.807) is 7.11 Å². The maximum Gasteiger partial charge on any atom is 0.232 e. The van der Waals surface area contributed by atoms with Crippen LogP contribution in [0.25, 0.3) is 0 Å². The van der Waals surface area contributed by atoms with Gasteiger partial charge < -0.3 is 10.1 Å². The molecule has 1 heterocycles. The highest BCUT2D eigenvalue weighted by Gasteiger charge is 1.96. The van der Waals surface area contributed by atoms with Gasteiger partial charge in [0.1, 0.15) is 0 Å². The Bertz CT molecular complexity index is 197. The molecule has 0 aliphatic heterocycles. The van der Waals surface area contributed by atoms with E-state index in [1.807, 2.05) is 13.1 Å². The van der Waals surface area contributed by atoms with Crippen LogP contribution in [-0.4, -0.2) is 24.4 Å². The lowest BCUT2D eigenvalue weighted by Gasteiger charge is -1.90. The summed E-state index contributed by atoms with van der Waals surface area (Å²) in [5.74, 6) is 0.630. The average molecular weight is 141 g/mol. The van der Waals surface area contributed by atoms with Crippen LogP contribution in [0.2, 0.25) is 0 Å². The highest BCUT2D eigenvalue weighted by molar-refractivity contribution is 5.13. The fourth-order valence-electron chi connectivity index (χ4n) is 0.726. The molecule has 2 N–H and O–H groups in total. The molecule has 4 nitrogen and oxygen atoms in total. The second-order valence-electron chi connectivity index (χ2n) is 1.97. The standard InChI is InChI=1S/C6H11N3O/c1-7-4-5-3-6(10-2)9-8-5/h3,7H,4H2,1-2H3,(H,8,9). The van der Waals surface area contributed by atoms with Crippen LogP contribution >= 0.6 is 0 Å². The number of nitrogens with zero attached hydrogens (tertiary/aromatic N) is 1. The number of aromatic amines is 1. The van der Waals surface area contributed by atoms with E-state index in [-0.39, 0.29) is 0 Å². The molecule has 4 heteroatoms. The molecule has 0 amide bonds. The summed E-state index contributed by atoms with van der Waals surface area (Å²) in [6.07, 6.45) is 0. The number of ether oxygens (including phenoxy) is 1. The first kappa shape index (κ1) is 7.08. The average Bonchev–Trinajstić information content (AvgIpc) is 2.37. The van der Waals surface area contributed by atoms with Crippen molar-refractivity contribution < 1.29 is 4.74 Å². The second-order valence-corrected chi connectivity index (χ2v) is 1.97. The highest BCUT2D eigenvalue weighted by atomic mass is 16.5. The van der Waals surface area contributed by atoms with E-state index < -0.39 is 0 Å². The quantitative estimate of drug-likeness (QED) is 0.629. The van der Waals surface area contributed by atoms with Gasteiger partial charge in [-0.05, 0) is 7.05 Å². The van der Waals surface area contributed by atoms with Crippen LogP contribution in [0.3, 0.4) is 0 Å². The molecule has 1 rings (SSSR count). The lowest BCUT2D eigenvalue weighted by Crippen LogP contribution is -2.04. The third-order valence-corrected chi connectivity index (χ3v) is 1.18. The molecule has 0 aliphatic carbocycles. The zero-order valence-corrected chi connectivity index (χ0v) is 6.14. The number of aromatic nitrogens is 2. The van der Waals surface area contributed by atoms with Gasteiger partial charge in [-0.25, -0.2) is 0 Å². The summed E-state index contributed by atoms with van der Waals surface area (Å²) in [5.41, 5.74) is 1.03. The molecule has 0 unspecified atom stereocenters. The summed E-state index contributed by atoms with van der Waals surface area (Å²) >= 11 is 0. The van der Waals surface area contributed by atoms with Gasteiger partial charge in [-0.2, -0.15) is 0 Å². The van der Waals surface area contributed by atoms with E-state index in [2.05, 4.69) is 15.5 Å². The normalized spacial score (nSPS) is 9.80. The Morgan fingerprint density at radius 1 is 1.80 bits per heavy atom. The zero-order chi connectivity index (χ0) is 7.40. The van der Waals surface area contributed by atoms with Crippen molar-refractivity contribution >= 4 is 0 Å². The van der Waals surface area contributed by atoms with Crippen molar-refractivity contribution in [2.75, 3.05) is 14.2 Å². The topological polar surface area (TPSA) is 49.9 Å². The summed E-state index contributed by atoms with van der Waals surface area (Å²) in [7, 11) is 3.48. The van der Waals surface area contributed by atoms with E-state index in [0.717, 1.165) is 12.2 Å². The van der Waals surface area contributed by atoms with Crippen LogP contribution in [0, 0.1) is 0 Å². The lowest BCUT2D eigenvalue weighted by atomic mass is 10.4. The van der Waals surface area contributed by atoms with Crippen LogP contribution in [0.1, 0.15) is 5.69 Å². The van der Waals surface area contributed by atoms with Crippen molar-refractivity contribution in [3.8, 4) is 5.88 Å². The molecule has 1 aromatic heterocycles. The van der Waals surface area contributed by atoms with Crippen LogP contribution in [0.5, 0.6) is 5.88 Å². The molecule has 0 fully saturated rings. The number of hydrogen-bond acceptors (Lipinski definition) is 3. The Morgan fingerprint density at radius 2 is 2.60 bits per heavy atom. The Hall–Kier alpha value is -1.03. The van der Waals surface area contributed by atoms with Crippen LogP contribution < -0.4 is 10.1 Å².